The van der Waals surface area contributed by atoms with Crippen molar-refractivity contribution < 1.29 is 14.3 Å². The number of rotatable bonds is 7. The van der Waals surface area contributed by atoms with Gasteiger partial charge in [-0.15, -0.1) is 11.3 Å². The molecule has 2 heterocycles. The van der Waals surface area contributed by atoms with E-state index in [1.807, 2.05) is 41.8 Å². The molecule has 136 valence electrons. The number of methoxy groups -OCH3 is 2. The molecule has 0 aliphatic carbocycles. The van der Waals surface area contributed by atoms with Gasteiger partial charge in [0.05, 0.1) is 24.1 Å². The smallest absolute Gasteiger partial charge is 0.264 e. The van der Waals surface area contributed by atoms with E-state index in [1.165, 1.54) is 11.3 Å². The number of hydrogen-bond donors (Lipinski definition) is 0. The van der Waals surface area contributed by atoms with E-state index in [1.54, 1.807) is 19.1 Å². The molecule has 0 spiro atoms. The van der Waals surface area contributed by atoms with Gasteiger partial charge in [0, 0.05) is 31.1 Å². The number of aromatic nitrogens is 1. The third-order valence-corrected chi connectivity index (χ3v) is 5.18. The summed E-state index contributed by atoms with van der Waals surface area (Å²) in [6.45, 7) is 1.28. The van der Waals surface area contributed by atoms with Gasteiger partial charge in [0.15, 0.2) is 0 Å². The lowest BCUT2D eigenvalue weighted by molar-refractivity contribution is 0.0685. The number of carbonyl (C=O) groups is 1. The standard InChI is InChI=1S/C19H19ClN2O3S/c1-24-8-7-22(19(23)17-4-3-9-26-17)12-14-10-13-11-15(25-2)5-6-16(13)21-18(14)20/h3-6,9-11H,7-8,12H2,1-2H3. The normalized spacial score (nSPS) is 10.9. The van der Waals surface area contributed by atoms with Gasteiger partial charge in [-0.1, -0.05) is 17.7 Å². The van der Waals surface area contributed by atoms with Gasteiger partial charge in [-0.25, -0.2) is 4.98 Å². The Kier molecular flexibility index (Phi) is 6.08. The van der Waals surface area contributed by atoms with Crippen LogP contribution in [0.3, 0.4) is 0 Å². The zero-order chi connectivity index (χ0) is 18.5. The molecule has 0 aliphatic heterocycles. The fraction of sp³-hybridized carbons (Fsp3) is 0.263. The molecule has 2 aromatic heterocycles. The SMILES string of the molecule is COCCN(Cc1cc2cc(OC)ccc2nc1Cl)C(=O)c1cccs1. The van der Waals surface area contributed by atoms with Crippen molar-refractivity contribution in [2.24, 2.45) is 0 Å². The highest BCUT2D eigenvalue weighted by Crippen LogP contribution is 2.26. The molecule has 0 fully saturated rings. The number of halogens is 1. The predicted octanol–water partition coefficient (Wildman–Crippen LogP) is 4.25. The summed E-state index contributed by atoms with van der Waals surface area (Å²) in [6, 6.07) is 11.2. The van der Waals surface area contributed by atoms with Gasteiger partial charge >= 0.3 is 0 Å². The zero-order valence-electron chi connectivity index (χ0n) is 14.6. The fourth-order valence-electron chi connectivity index (χ4n) is 2.63. The number of carbonyl (C=O) groups excluding carboxylic acids is 1. The lowest BCUT2D eigenvalue weighted by Crippen LogP contribution is -2.33. The van der Waals surface area contributed by atoms with E-state index in [9.17, 15) is 4.79 Å². The van der Waals surface area contributed by atoms with Crippen molar-refractivity contribution in [3.05, 3.63) is 57.4 Å². The van der Waals surface area contributed by atoms with Crippen molar-refractivity contribution >= 4 is 39.7 Å². The number of thiophene rings is 1. The molecular formula is C19H19ClN2O3S. The Bertz CT molecular complexity index is 899. The van der Waals surface area contributed by atoms with Crippen molar-refractivity contribution in [3.63, 3.8) is 0 Å². The number of pyridine rings is 1. The van der Waals surface area contributed by atoms with E-state index >= 15 is 0 Å². The minimum atomic E-state index is -0.0427. The Hall–Kier alpha value is -2.15. The first-order valence-electron chi connectivity index (χ1n) is 8.07. The van der Waals surface area contributed by atoms with Gasteiger partial charge in [-0.2, -0.15) is 0 Å². The second-order valence-corrected chi connectivity index (χ2v) is 7.00. The maximum atomic E-state index is 12.8. The number of hydrogen-bond acceptors (Lipinski definition) is 5. The van der Waals surface area contributed by atoms with Crippen LogP contribution < -0.4 is 4.74 Å². The Labute approximate surface area is 161 Å². The molecule has 0 unspecified atom stereocenters. The van der Waals surface area contributed by atoms with Crippen LogP contribution in [0.25, 0.3) is 10.9 Å². The number of nitrogens with zero attached hydrogens (tertiary/aromatic N) is 2. The lowest BCUT2D eigenvalue weighted by Gasteiger charge is -2.22. The molecule has 0 atom stereocenters. The van der Waals surface area contributed by atoms with Crippen LogP contribution in [0.5, 0.6) is 5.75 Å². The van der Waals surface area contributed by atoms with Crippen LogP contribution in [0.15, 0.2) is 41.8 Å². The third-order valence-electron chi connectivity index (χ3n) is 3.99. The summed E-state index contributed by atoms with van der Waals surface area (Å²) in [4.78, 5) is 19.7. The van der Waals surface area contributed by atoms with Crippen LogP contribution in [0.1, 0.15) is 15.2 Å². The summed E-state index contributed by atoms with van der Waals surface area (Å²) >= 11 is 7.79. The van der Waals surface area contributed by atoms with Crippen LogP contribution in [0, 0.1) is 0 Å². The highest BCUT2D eigenvalue weighted by atomic mass is 35.5. The monoisotopic (exact) mass is 390 g/mol. The molecular weight excluding hydrogens is 372 g/mol. The number of benzene rings is 1. The van der Waals surface area contributed by atoms with E-state index in [4.69, 9.17) is 21.1 Å². The van der Waals surface area contributed by atoms with Crippen molar-refractivity contribution in [3.8, 4) is 5.75 Å². The summed E-state index contributed by atoms with van der Waals surface area (Å²) in [6.07, 6.45) is 0. The third kappa shape index (κ3) is 4.15. The second kappa shape index (κ2) is 8.49. The van der Waals surface area contributed by atoms with Gasteiger partial charge < -0.3 is 14.4 Å². The first-order chi connectivity index (χ1) is 12.6. The van der Waals surface area contributed by atoms with Gasteiger partial charge in [0.1, 0.15) is 10.9 Å². The highest BCUT2D eigenvalue weighted by Gasteiger charge is 2.19. The van der Waals surface area contributed by atoms with E-state index < -0.39 is 0 Å². The van der Waals surface area contributed by atoms with Crippen LogP contribution in [-0.4, -0.2) is 43.2 Å². The predicted molar refractivity (Wildman–Crippen MR) is 104 cm³/mol. The first-order valence-corrected chi connectivity index (χ1v) is 9.33. The Morgan fingerprint density at radius 3 is 2.81 bits per heavy atom. The summed E-state index contributed by atoms with van der Waals surface area (Å²) in [5.41, 5.74) is 1.57. The molecule has 0 saturated carbocycles. The van der Waals surface area contributed by atoms with Gasteiger partial charge in [0.2, 0.25) is 0 Å². The van der Waals surface area contributed by atoms with Gasteiger partial charge in [-0.05, 0) is 35.7 Å². The van der Waals surface area contributed by atoms with Crippen molar-refractivity contribution in [1.82, 2.24) is 9.88 Å². The quantitative estimate of drug-likeness (QED) is 0.566. The number of amides is 1. The van der Waals surface area contributed by atoms with Gasteiger partial charge in [0.25, 0.3) is 5.91 Å². The summed E-state index contributed by atoms with van der Waals surface area (Å²) in [7, 11) is 3.24. The van der Waals surface area contributed by atoms with E-state index in [-0.39, 0.29) is 5.91 Å². The van der Waals surface area contributed by atoms with Crippen LogP contribution >= 0.6 is 22.9 Å². The second-order valence-electron chi connectivity index (χ2n) is 5.69. The van der Waals surface area contributed by atoms with Crippen molar-refractivity contribution in [2.45, 2.75) is 6.54 Å². The maximum absolute atomic E-state index is 12.8. The average molecular weight is 391 g/mol. The van der Waals surface area contributed by atoms with Crippen molar-refractivity contribution in [2.75, 3.05) is 27.4 Å². The summed E-state index contributed by atoms with van der Waals surface area (Å²) < 4.78 is 10.4. The summed E-state index contributed by atoms with van der Waals surface area (Å²) in [5, 5.41) is 3.20. The number of fused-ring (bicyclic) bond motifs is 1. The zero-order valence-corrected chi connectivity index (χ0v) is 16.1. The average Bonchev–Trinajstić information content (AvgIpc) is 3.19. The topological polar surface area (TPSA) is 51.7 Å². The van der Waals surface area contributed by atoms with Gasteiger partial charge in [-0.3, -0.25) is 4.79 Å². The molecule has 0 N–H and O–H groups in total. The van der Waals surface area contributed by atoms with Crippen LogP contribution in [0.2, 0.25) is 5.15 Å². The largest absolute Gasteiger partial charge is 0.497 e. The summed E-state index contributed by atoms with van der Waals surface area (Å²) in [5.74, 6) is 0.706. The molecule has 7 heteroatoms. The van der Waals surface area contributed by atoms with E-state index in [2.05, 4.69) is 4.98 Å². The van der Waals surface area contributed by atoms with E-state index in [0.29, 0.717) is 29.7 Å². The Morgan fingerprint density at radius 1 is 1.27 bits per heavy atom. The molecule has 0 radical (unpaired) electrons. The molecule has 0 aliphatic rings. The maximum Gasteiger partial charge on any atom is 0.264 e. The van der Waals surface area contributed by atoms with Crippen molar-refractivity contribution in [1.29, 1.82) is 0 Å². The Morgan fingerprint density at radius 2 is 2.12 bits per heavy atom. The molecule has 0 bridgehead atoms. The molecule has 1 amide bonds. The lowest BCUT2D eigenvalue weighted by atomic mass is 10.1. The minimum absolute atomic E-state index is 0.0427. The Balaban J connectivity index is 1.91. The first kappa shape index (κ1) is 18.6. The molecule has 1 aromatic carbocycles. The molecule has 3 rings (SSSR count). The highest BCUT2D eigenvalue weighted by molar-refractivity contribution is 7.12. The molecule has 3 aromatic rings. The molecule has 26 heavy (non-hydrogen) atoms. The van der Waals surface area contributed by atoms with E-state index in [0.717, 1.165) is 22.2 Å². The van der Waals surface area contributed by atoms with Crippen LogP contribution in [0.4, 0.5) is 0 Å². The fourth-order valence-corrected chi connectivity index (χ4v) is 3.52. The number of ether oxygens (including phenoxy) is 2. The molecule has 0 saturated heterocycles. The molecule has 5 nitrogen and oxygen atoms in total. The minimum Gasteiger partial charge on any atom is -0.497 e. The van der Waals surface area contributed by atoms with Crippen LogP contribution in [-0.2, 0) is 11.3 Å².